The standard InChI is InChI=1S/C17H20FN3O/c18-14-7-4-8-15(11-14)21-10-9-16(20-21)17(22)19-12-13-5-2-1-3-6-13/h4,7-11,13H,1-3,5-6,12H2,(H,19,22). The molecular formula is C17H20FN3O. The van der Waals surface area contributed by atoms with Crippen molar-refractivity contribution in [3.05, 3.63) is 48.0 Å². The molecule has 1 aromatic heterocycles. The van der Waals surface area contributed by atoms with E-state index >= 15 is 0 Å². The number of hydrogen-bond acceptors (Lipinski definition) is 2. The summed E-state index contributed by atoms with van der Waals surface area (Å²) in [5.41, 5.74) is 0.964. The largest absolute Gasteiger partial charge is 0.350 e. The maximum absolute atomic E-state index is 13.2. The molecule has 1 fully saturated rings. The lowest BCUT2D eigenvalue weighted by Gasteiger charge is -2.21. The molecule has 1 saturated carbocycles. The zero-order valence-electron chi connectivity index (χ0n) is 12.5. The van der Waals surface area contributed by atoms with Gasteiger partial charge in [-0.1, -0.05) is 25.3 Å². The van der Waals surface area contributed by atoms with Crippen molar-refractivity contribution in [3.8, 4) is 5.69 Å². The number of nitrogens with zero attached hydrogens (tertiary/aromatic N) is 2. The van der Waals surface area contributed by atoms with Gasteiger partial charge in [0.2, 0.25) is 0 Å². The van der Waals surface area contributed by atoms with Crippen molar-refractivity contribution in [1.82, 2.24) is 15.1 Å². The minimum atomic E-state index is -0.323. The zero-order chi connectivity index (χ0) is 15.4. The molecular weight excluding hydrogens is 281 g/mol. The summed E-state index contributed by atoms with van der Waals surface area (Å²) in [4.78, 5) is 12.1. The number of benzene rings is 1. The first kappa shape index (κ1) is 14.8. The number of carbonyl (C=O) groups is 1. The van der Waals surface area contributed by atoms with E-state index in [1.165, 1.54) is 48.9 Å². The number of aromatic nitrogens is 2. The van der Waals surface area contributed by atoms with Crippen LogP contribution in [0.25, 0.3) is 5.69 Å². The topological polar surface area (TPSA) is 46.9 Å². The molecule has 1 N–H and O–H groups in total. The van der Waals surface area contributed by atoms with E-state index in [1.807, 2.05) is 0 Å². The monoisotopic (exact) mass is 301 g/mol. The molecule has 0 radical (unpaired) electrons. The molecule has 22 heavy (non-hydrogen) atoms. The van der Waals surface area contributed by atoms with E-state index in [9.17, 15) is 9.18 Å². The summed E-state index contributed by atoms with van der Waals surface area (Å²) in [6.07, 6.45) is 7.88. The predicted molar refractivity (Wildman–Crippen MR) is 82.4 cm³/mol. The lowest BCUT2D eigenvalue weighted by atomic mass is 9.89. The van der Waals surface area contributed by atoms with Crippen molar-refractivity contribution in [1.29, 1.82) is 0 Å². The minimum Gasteiger partial charge on any atom is -0.350 e. The first-order valence-corrected chi connectivity index (χ1v) is 7.82. The van der Waals surface area contributed by atoms with Gasteiger partial charge in [-0.2, -0.15) is 5.10 Å². The smallest absolute Gasteiger partial charge is 0.271 e. The fourth-order valence-electron chi connectivity index (χ4n) is 2.93. The van der Waals surface area contributed by atoms with Crippen LogP contribution in [-0.2, 0) is 0 Å². The number of amides is 1. The third-order valence-electron chi connectivity index (χ3n) is 4.17. The van der Waals surface area contributed by atoms with Crippen molar-refractivity contribution < 1.29 is 9.18 Å². The van der Waals surface area contributed by atoms with Gasteiger partial charge in [0.15, 0.2) is 5.69 Å². The highest BCUT2D eigenvalue weighted by atomic mass is 19.1. The molecule has 0 aliphatic heterocycles. The SMILES string of the molecule is O=C(NCC1CCCCC1)c1ccn(-c2cccc(F)c2)n1. The van der Waals surface area contributed by atoms with Gasteiger partial charge in [0.25, 0.3) is 5.91 Å². The van der Waals surface area contributed by atoms with Crippen LogP contribution in [0.2, 0.25) is 0 Å². The zero-order valence-corrected chi connectivity index (χ0v) is 12.5. The second-order valence-corrected chi connectivity index (χ2v) is 5.84. The van der Waals surface area contributed by atoms with Gasteiger partial charge in [-0.25, -0.2) is 9.07 Å². The van der Waals surface area contributed by atoms with Crippen LogP contribution >= 0.6 is 0 Å². The van der Waals surface area contributed by atoms with E-state index in [-0.39, 0.29) is 11.7 Å². The average molecular weight is 301 g/mol. The Labute approximate surface area is 129 Å². The van der Waals surface area contributed by atoms with Crippen LogP contribution in [0.5, 0.6) is 0 Å². The molecule has 3 rings (SSSR count). The number of hydrogen-bond donors (Lipinski definition) is 1. The predicted octanol–water partition coefficient (Wildman–Crippen LogP) is 3.32. The van der Waals surface area contributed by atoms with Crippen LogP contribution < -0.4 is 5.32 Å². The van der Waals surface area contributed by atoms with Gasteiger partial charge >= 0.3 is 0 Å². The van der Waals surface area contributed by atoms with Crippen LogP contribution in [0.3, 0.4) is 0 Å². The van der Waals surface area contributed by atoms with Gasteiger partial charge in [-0.05, 0) is 43.0 Å². The number of carbonyl (C=O) groups excluding carboxylic acids is 1. The Morgan fingerprint density at radius 1 is 1.27 bits per heavy atom. The average Bonchev–Trinajstić information content (AvgIpc) is 3.04. The van der Waals surface area contributed by atoms with Gasteiger partial charge in [0.05, 0.1) is 5.69 Å². The van der Waals surface area contributed by atoms with Gasteiger partial charge in [0, 0.05) is 12.7 Å². The summed E-state index contributed by atoms with van der Waals surface area (Å²) in [5.74, 6) is 0.0973. The summed E-state index contributed by atoms with van der Waals surface area (Å²) in [6.45, 7) is 0.714. The Morgan fingerprint density at radius 2 is 2.09 bits per heavy atom. The highest BCUT2D eigenvalue weighted by molar-refractivity contribution is 5.92. The molecule has 1 aromatic carbocycles. The number of halogens is 1. The van der Waals surface area contributed by atoms with Gasteiger partial charge in [-0.3, -0.25) is 4.79 Å². The number of rotatable bonds is 4. The molecule has 1 aliphatic carbocycles. The summed E-state index contributed by atoms with van der Waals surface area (Å²) >= 11 is 0. The Bertz CT molecular complexity index is 647. The highest BCUT2D eigenvalue weighted by Crippen LogP contribution is 2.22. The van der Waals surface area contributed by atoms with Gasteiger partial charge in [0.1, 0.15) is 5.82 Å². The summed E-state index contributed by atoms with van der Waals surface area (Å²) in [7, 11) is 0. The van der Waals surface area contributed by atoms with Crippen LogP contribution in [0.4, 0.5) is 4.39 Å². The maximum atomic E-state index is 13.2. The molecule has 1 aliphatic rings. The van der Waals surface area contributed by atoms with E-state index in [0.29, 0.717) is 23.8 Å². The van der Waals surface area contributed by atoms with Crippen LogP contribution in [0.1, 0.15) is 42.6 Å². The summed E-state index contributed by atoms with van der Waals surface area (Å²) in [6, 6.07) is 7.79. The molecule has 0 atom stereocenters. The van der Waals surface area contributed by atoms with Crippen LogP contribution in [0.15, 0.2) is 36.5 Å². The van der Waals surface area contributed by atoms with Crippen LogP contribution in [0, 0.1) is 11.7 Å². The molecule has 2 aromatic rings. The lowest BCUT2D eigenvalue weighted by molar-refractivity contribution is 0.0938. The molecule has 0 unspecified atom stereocenters. The van der Waals surface area contributed by atoms with Crippen molar-refractivity contribution in [3.63, 3.8) is 0 Å². The second-order valence-electron chi connectivity index (χ2n) is 5.84. The van der Waals surface area contributed by atoms with Crippen molar-refractivity contribution in [2.75, 3.05) is 6.54 Å². The Kier molecular flexibility index (Phi) is 4.51. The molecule has 5 heteroatoms. The van der Waals surface area contributed by atoms with E-state index < -0.39 is 0 Å². The fraction of sp³-hybridized carbons (Fsp3) is 0.412. The second kappa shape index (κ2) is 6.73. The normalized spacial score (nSPS) is 15.7. The Balaban J connectivity index is 1.61. The number of nitrogens with one attached hydrogen (secondary N) is 1. The molecule has 0 spiro atoms. The maximum Gasteiger partial charge on any atom is 0.271 e. The summed E-state index contributed by atoms with van der Waals surface area (Å²) < 4.78 is 14.7. The first-order chi connectivity index (χ1) is 10.7. The van der Waals surface area contributed by atoms with E-state index in [2.05, 4.69) is 10.4 Å². The third kappa shape index (κ3) is 3.53. The van der Waals surface area contributed by atoms with Crippen molar-refractivity contribution in [2.45, 2.75) is 32.1 Å². The highest BCUT2D eigenvalue weighted by Gasteiger charge is 2.16. The van der Waals surface area contributed by atoms with Crippen LogP contribution in [-0.4, -0.2) is 22.2 Å². The quantitative estimate of drug-likeness (QED) is 0.941. The van der Waals surface area contributed by atoms with Crippen molar-refractivity contribution >= 4 is 5.91 Å². The molecule has 1 heterocycles. The van der Waals surface area contributed by atoms with Gasteiger partial charge < -0.3 is 5.32 Å². The van der Waals surface area contributed by atoms with Crippen molar-refractivity contribution in [2.24, 2.45) is 5.92 Å². The molecule has 116 valence electrons. The Morgan fingerprint density at radius 3 is 2.86 bits per heavy atom. The van der Waals surface area contributed by atoms with E-state index in [0.717, 1.165) is 0 Å². The fourth-order valence-corrected chi connectivity index (χ4v) is 2.93. The lowest BCUT2D eigenvalue weighted by Crippen LogP contribution is -2.30. The molecule has 4 nitrogen and oxygen atoms in total. The van der Waals surface area contributed by atoms with E-state index in [1.54, 1.807) is 24.4 Å². The molecule has 0 saturated heterocycles. The molecule has 0 bridgehead atoms. The first-order valence-electron chi connectivity index (χ1n) is 7.82. The summed E-state index contributed by atoms with van der Waals surface area (Å²) in [5, 5.41) is 7.18. The van der Waals surface area contributed by atoms with E-state index in [4.69, 9.17) is 0 Å². The van der Waals surface area contributed by atoms with Gasteiger partial charge in [-0.15, -0.1) is 0 Å². The minimum absolute atomic E-state index is 0.166. The molecule has 1 amide bonds. The Hall–Kier alpha value is -2.17. The third-order valence-corrected chi connectivity index (χ3v) is 4.17.